The molecule has 0 unspecified atom stereocenters. The van der Waals surface area contributed by atoms with Crippen LogP contribution in [0.5, 0.6) is 5.75 Å². The molecule has 1 N–H and O–H groups in total. The van der Waals surface area contributed by atoms with Gasteiger partial charge in [0.15, 0.2) is 0 Å². The number of hydrogen-bond donors (Lipinski definition) is 1. The Hall–Kier alpha value is -1.10. The van der Waals surface area contributed by atoms with Crippen molar-refractivity contribution < 1.29 is 9.47 Å². The first-order valence-corrected chi connectivity index (χ1v) is 7.47. The summed E-state index contributed by atoms with van der Waals surface area (Å²) in [7, 11) is 1.94. The highest BCUT2D eigenvalue weighted by molar-refractivity contribution is 5.33. The van der Waals surface area contributed by atoms with Gasteiger partial charge in [0.05, 0.1) is 13.2 Å². The fourth-order valence-electron chi connectivity index (χ4n) is 2.03. The molecule has 1 aromatic carbocycles. The molecule has 4 nitrogen and oxygen atoms in total. The highest BCUT2D eigenvalue weighted by Gasteiger charge is 2.02. The lowest BCUT2D eigenvalue weighted by atomic mass is 10.2. The molecular weight excluding hydrogens is 252 g/mol. The van der Waals surface area contributed by atoms with Crippen LogP contribution in [0.15, 0.2) is 24.3 Å². The first-order valence-electron chi connectivity index (χ1n) is 7.47. The minimum absolute atomic E-state index is 0.596. The molecule has 20 heavy (non-hydrogen) atoms. The van der Waals surface area contributed by atoms with Gasteiger partial charge in [-0.25, -0.2) is 0 Å². The summed E-state index contributed by atoms with van der Waals surface area (Å²) in [5, 5.41) is 3.14. The van der Waals surface area contributed by atoms with E-state index >= 15 is 0 Å². The maximum Gasteiger partial charge on any atom is 0.123 e. The van der Waals surface area contributed by atoms with Crippen LogP contribution in [0.1, 0.15) is 19.4 Å². The second kappa shape index (κ2) is 10.7. The van der Waals surface area contributed by atoms with Gasteiger partial charge in [-0.3, -0.25) is 0 Å². The smallest absolute Gasteiger partial charge is 0.123 e. The van der Waals surface area contributed by atoms with Crippen LogP contribution < -0.4 is 10.1 Å². The number of para-hydroxylation sites is 1. The molecule has 0 heterocycles. The molecule has 4 heteroatoms. The molecule has 0 radical (unpaired) electrons. The van der Waals surface area contributed by atoms with Crippen molar-refractivity contribution in [2.45, 2.75) is 20.4 Å². The molecule has 114 valence electrons. The molecule has 0 atom stereocenters. The quantitative estimate of drug-likeness (QED) is 0.630. The van der Waals surface area contributed by atoms with Gasteiger partial charge in [0.2, 0.25) is 0 Å². The van der Waals surface area contributed by atoms with Gasteiger partial charge < -0.3 is 19.7 Å². The number of nitrogens with zero attached hydrogens (tertiary/aromatic N) is 1. The van der Waals surface area contributed by atoms with Crippen LogP contribution >= 0.6 is 0 Å². The molecule has 0 aliphatic rings. The van der Waals surface area contributed by atoms with Gasteiger partial charge >= 0.3 is 0 Å². The molecule has 0 saturated carbocycles. The van der Waals surface area contributed by atoms with Crippen molar-refractivity contribution in [1.29, 1.82) is 0 Å². The zero-order valence-corrected chi connectivity index (χ0v) is 13.0. The predicted octanol–water partition coefficient (Wildman–Crippen LogP) is 2.14. The Morgan fingerprint density at radius 2 is 1.80 bits per heavy atom. The minimum Gasteiger partial charge on any atom is -0.491 e. The van der Waals surface area contributed by atoms with Crippen molar-refractivity contribution in [3.05, 3.63) is 29.8 Å². The summed E-state index contributed by atoms with van der Waals surface area (Å²) >= 11 is 0. The van der Waals surface area contributed by atoms with Gasteiger partial charge in [-0.15, -0.1) is 0 Å². The van der Waals surface area contributed by atoms with Gasteiger partial charge in [-0.05, 0) is 26.2 Å². The Balaban J connectivity index is 2.18. The van der Waals surface area contributed by atoms with E-state index in [-0.39, 0.29) is 0 Å². The van der Waals surface area contributed by atoms with E-state index in [0.717, 1.165) is 38.5 Å². The van der Waals surface area contributed by atoms with Gasteiger partial charge in [0.1, 0.15) is 12.4 Å². The van der Waals surface area contributed by atoms with Crippen molar-refractivity contribution in [2.75, 3.05) is 46.5 Å². The summed E-state index contributed by atoms with van der Waals surface area (Å²) in [6.45, 7) is 10.3. The van der Waals surface area contributed by atoms with Gasteiger partial charge in [0.25, 0.3) is 0 Å². The van der Waals surface area contributed by atoms with Crippen LogP contribution in [0.3, 0.4) is 0 Å². The van der Waals surface area contributed by atoms with Crippen LogP contribution in [0, 0.1) is 0 Å². The number of hydrogen-bond acceptors (Lipinski definition) is 4. The Morgan fingerprint density at radius 3 is 2.50 bits per heavy atom. The molecular formula is C16H28N2O2. The Bertz CT molecular complexity index is 354. The lowest BCUT2D eigenvalue weighted by molar-refractivity contribution is 0.0816. The average molecular weight is 280 g/mol. The van der Waals surface area contributed by atoms with E-state index in [1.54, 1.807) is 0 Å². The van der Waals surface area contributed by atoms with Crippen LogP contribution in [-0.2, 0) is 11.3 Å². The summed E-state index contributed by atoms with van der Waals surface area (Å²) in [5.41, 5.74) is 1.18. The predicted molar refractivity (Wildman–Crippen MR) is 83.3 cm³/mol. The Morgan fingerprint density at radius 1 is 1.05 bits per heavy atom. The second-order valence-corrected chi connectivity index (χ2v) is 4.63. The normalized spacial score (nSPS) is 11.0. The third kappa shape index (κ3) is 6.37. The maximum absolute atomic E-state index is 5.77. The standard InChI is InChI=1S/C16H28N2O2/c1-4-18(5-2)10-11-19-12-13-20-16-9-7-6-8-15(16)14-17-3/h6-9,17H,4-5,10-14H2,1-3H3. The van der Waals surface area contributed by atoms with Crippen LogP contribution in [-0.4, -0.2) is 51.4 Å². The minimum atomic E-state index is 0.596. The number of rotatable bonds is 11. The lowest BCUT2D eigenvalue weighted by Crippen LogP contribution is -2.27. The highest BCUT2D eigenvalue weighted by atomic mass is 16.5. The first-order chi connectivity index (χ1) is 9.81. The number of ether oxygens (including phenoxy) is 2. The Labute approximate surface area is 123 Å². The van der Waals surface area contributed by atoms with Gasteiger partial charge in [-0.2, -0.15) is 0 Å². The van der Waals surface area contributed by atoms with Gasteiger partial charge in [0, 0.05) is 18.7 Å². The maximum atomic E-state index is 5.77. The number of benzene rings is 1. The van der Waals surface area contributed by atoms with E-state index in [0.29, 0.717) is 13.2 Å². The third-order valence-electron chi connectivity index (χ3n) is 3.27. The van der Waals surface area contributed by atoms with E-state index in [1.165, 1.54) is 5.56 Å². The topological polar surface area (TPSA) is 33.7 Å². The van der Waals surface area contributed by atoms with Crippen molar-refractivity contribution >= 4 is 0 Å². The van der Waals surface area contributed by atoms with Crippen molar-refractivity contribution in [2.24, 2.45) is 0 Å². The fraction of sp³-hybridized carbons (Fsp3) is 0.625. The molecule has 0 saturated heterocycles. The monoisotopic (exact) mass is 280 g/mol. The highest BCUT2D eigenvalue weighted by Crippen LogP contribution is 2.17. The summed E-state index contributed by atoms with van der Waals surface area (Å²) in [5.74, 6) is 0.939. The molecule has 1 aromatic rings. The van der Waals surface area contributed by atoms with Gasteiger partial charge in [-0.1, -0.05) is 32.0 Å². The van der Waals surface area contributed by atoms with Crippen LogP contribution in [0.25, 0.3) is 0 Å². The molecule has 0 amide bonds. The zero-order valence-electron chi connectivity index (χ0n) is 13.0. The summed E-state index contributed by atoms with van der Waals surface area (Å²) in [6.07, 6.45) is 0. The van der Waals surface area contributed by atoms with E-state index < -0.39 is 0 Å². The molecule has 1 rings (SSSR count). The molecule has 0 spiro atoms. The third-order valence-corrected chi connectivity index (χ3v) is 3.27. The molecule has 0 bridgehead atoms. The van der Waals surface area contributed by atoms with E-state index in [9.17, 15) is 0 Å². The van der Waals surface area contributed by atoms with Crippen molar-refractivity contribution in [3.8, 4) is 5.75 Å². The van der Waals surface area contributed by atoms with Crippen molar-refractivity contribution in [3.63, 3.8) is 0 Å². The first kappa shape index (κ1) is 17.0. The van der Waals surface area contributed by atoms with Crippen LogP contribution in [0.4, 0.5) is 0 Å². The molecule has 0 aromatic heterocycles. The number of likely N-dealkylation sites (N-methyl/N-ethyl adjacent to an activating group) is 1. The second-order valence-electron chi connectivity index (χ2n) is 4.63. The fourth-order valence-corrected chi connectivity index (χ4v) is 2.03. The van der Waals surface area contributed by atoms with E-state index in [2.05, 4.69) is 30.1 Å². The van der Waals surface area contributed by atoms with Crippen molar-refractivity contribution in [1.82, 2.24) is 10.2 Å². The van der Waals surface area contributed by atoms with E-state index in [1.807, 2.05) is 25.2 Å². The summed E-state index contributed by atoms with van der Waals surface area (Å²) < 4.78 is 11.4. The van der Waals surface area contributed by atoms with E-state index in [4.69, 9.17) is 9.47 Å². The summed E-state index contributed by atoms with van der Waals surface area (Å²) in [6, 6.07) is 8.10. The molecule has 0 fully saturated rings. The summed E-state index contributed by atoms with van der Waals surface area (Å²) in [4.78, 5) is 2.35. The largest absolute Gasteiger partial charge is 0.491 e. The number of nitrogens with one attached hydrogen (secondary N) is 1. The van der Waals surface area contributed by atoms with Crippen LogP contribution in [0.2, 0.25) is 0 Å². The lowest BCUT2D eigenvalue weighted by Gasteiger charge is -2.17. The Kier molecular flexibility index (Phi) is 9.04. The average Bonchev–Trinajstić information content (AvgIpc) is 2.48. The molecule has 0 aliphatic carbocycles. The molecule has 0 aliphatic heterocycles. The zero-order chi connectivity index (χ0) is 14.6. The SMILES string of the molecule is CCN(CC)CCOCCOc1ccccc1CNC.